The molecule has 0 aliphatic heterocycles. The maximum atomic E-state index is 13.5. The van der Waals surface area contributed by atoms with Crippen molar-refractivity contribution in [3.63, 3.8) is 0 Å². The van der Waals surface area contributed by atoms with Crippen molar-refractivity contribution in [3.05, 3.63) is 64.8 Å². The fourth-order valence-corrected chi connectivity index (χ4v) is 2.85. The Kier molecular flexibility index (Phi) is 2.83. The van der Waals surface area contributed by atoms with E-state index < -0.39 is 11.6 Å². The molecule has 0 saturated carbocycles. The smallest absolute Gasteiger partial charge is 0.206 e. The first kappa shape index (κ1) is 11.9. The lowest BCUT2D eigenvalue weighted by atomic mass is 10.1. The molecule has 3 rings (SSSR count). The molecular formula is C14H7F2NOS. The predicted octanol–water partition coefficient (Wildman–Crippen LogP) is 3.81. The number of thiophene rings is 1. The van der Waals surface area contributed by atoms with Crippen LogP contribution in [0.15, 0.2) is 42.7 Å². The molecule has 0 fully saturated rings. The molecule has 94 valence electrons. The third-order valence-corrected chi connectivity index (χ3v) is 3.82. The van der Waals surface area contributed by atoms with Gasteiger partial charge in [0.05, 0.1) is 16.6 Å². The summed E-state index contributed by atoms with van der Waals surface area (Å²) >= 11 is 1.15. The van der Waals surface area contributed by atoms with Crippen LogP contribution in [0.4, 0.5) is 8.78 Å². The summed E-state index contributed by atoms with van der Waals surface area (Å²) in [5.74, 6) is -1.43. The molecule has 5 heteroatoms. The Hall–Kier alpha value is -2.14. The Morgan fingerprint density at radius 2 is 2.00 bits per heavy atom. The lowest BCUT2D eigenvalue weighted by Crippen LogP contribution is -2.02. The van der Waals surface area contributed by atoms with Gasteiger partial charge in [0.2, 0.25) is 5.78 Å². The maximum absolute atomic E-state index is 13.5. The summed E-state index contributed by atoms with van der Waals surface area (Å²) in [4.78, 5) is 16.2. The summed E-state index contributed by atoms with van der Waals surface area (Å²) in [6.45, 7) is 0. The SMILES string of the molecule is O=C(c1cc2ccc(F)cc2s1)c1ccncc1F. The van der Waals surface area contributed by atoms with E-state index >= 15 is 0 Å². The fourth-order valence-electron chi connectivity index (χ4n) is 1.81. The van der Waals surface area contributed by atoms with E-state index in [0.717, 1.165) is 22.9 Å². The molecule has 0 aliphatic carbocycles. The highest BCUT2D eigenvalue weighted by atomic mass is 32.1. The molecule has 19 heavy (non-hydrogen) atoms. The van der Waals surface area contributed by atoms with E-state index in [0.29, 0.717) is 9.58 Å². The molecule has 0 unspecified atom stereocenters. The third kappa shape index (κ3) is 2.13. The summed E-state index contributed by atoms with van der Waals surface area (Å²) < 4.78 is 27.3. The van der Waals surface area contributed by atoms with Crippen LogP contribution in [-0.2, 0) is 0 Å². The van der Waals surface area contributed by atoms with Crippen molar-refractivity contribution in [2.75, 3.05) is 0 Å². The molecule has 2 heterocycles. The van der Waals surface area contributed by atoms with Crippen molar-refractivity contribution < 1.29 is 13.6 Å². The van der Waals surface area contributed by atoms with E-state index in [2.05, 4.69) is 4.98 Å². The Balaban J connectivity index is 2.09. The number of hydrogen-bond acceptors (Lipinski definition) is 3. The van der Waals surface area contributed by atoms with Crippen LogP contribution in [0.25, 0.3) is 10.1 Å². The number of nitrogens with zero attached hydrogens (tertiary/aromatic N) is 1. The molecule has 0 saturated heterocycles. The minimum absolute atomic E-state index is 0.0259. The second-order valence-corrected chi connectivity index (χ2v) is 5.06. The number of halogens is 2. The van der Waals surface area contributed by atoms with E-state index in [1.54, 1.807) is 12.1 Å². The maximum Gasteiger partial charge on any atom is 0.206 e. The number of carbonyl (C=O) groups excluding carboxylic acids is 1. The third-order valence-electron chi connectivity index (χ3n) is 2.72. The lowest BCUT2D eigenvalue weighted by molar-refractivity contribution is 0.103. The summed E-state index contributed by atoms with van der Waals surface area (Å²) in [5.41, 5.74) is -0.0259. The Labute approximate surface area is 111 Å². The number of aromatic nitrogens is 1. The largest absolute Gasteiger partial charge is 0.288 e. The highest BCUT2D eigenvalue weighted by molar-refractivity contribution is 7.21. The first-order valence-corrected chi connectivity index (χ1v) is 6.30. The highest BCUT2D eigenvalue weighted by Gasteiger charge is 2.16. The minimum atomic E-state index is -0.656. The van der Waals surface area contributed by atoms with Gasteiger partial charge < -0.3 is 0 Å². The van der Waals surface area contributed by atoms with Crippen molar-refractivity contribution in [1.82, 2.24) is 4.98 Å². The quantitative estimate of drug-likeness (QED) is 0.666. The van der Waals surface area contributed by atoms with Crippen molar-refractivity contribution in [3.8, 4) is 0 Å². The Morgan fingerprint density at radius 3 is 2.79 bits per heavy atom. The van der Waals surface area contributed by atoms with Crippen LogP contribution in [0.2, 0.25) is 0 Å². The first-order chi connectivity index (χ1) is 9.15. The van der Waals surface area contributed by atoms with Gasteiger partial charge in [-0.2, -0.15) is 0 Å². The summed E-state index contributed by atoms with van der Waals surface area (Å²) in [5, 5.41) is 0.768. The van der Waals surface area contributed by atoms with Crippen LogP contribution in [0.1, 0.15) is 15.2 Å². The Morgan fingerprint density at radius 1 is 1.16 bits per heavy atom. The monoisotopic (exact) mass is 275 g/mol. The molecule has 0 amide bonds. The van der Waals surface area contributed by atoms with E-state index in [1.165, 1.54) is 24.4 Å². The van der Waals surface area contributed by atoms with Crippen molar-refractivity contribution in [2.45, 2.75) is 0 Å². The van der Waals surface area contributed by atoms with Gasteiger partial charge in [-0.1, -0.05) is 6.07 Å². The number of pyridine rings is 1. The van der Waals surface area contributed by atoms with E-state index in [4.69, 9.17) is 0 Å². The van der Waals surface area contributed by atoms with Gasteiger partial charge in [-0.15, -0.1) is 11.3 Å². The second-order valence-electron chi connectivity index (χ2n) is 3.98. The number of carbonyl (C=O) groups is 1. The van der Waals surface area contributed by atoms with Gasteiger partial charge >= 0.3 is 0 Å². The van der Waals surface area contributed by atoms with Gasteiger partial charge in [0.1, 0.15) is 5.82 Å². The standard InChI is InChI=1S/C14H7F2NOS/c15-9-2-1-8-5-13(19-12(8)6-9)14(18)10-3-4-17-7-11(10)16/h1-7H. The molecule has 0 spiro atoms. The zero-order valence-electron chi connectivity index (χ0n) is 9.56. The molecule has 0 N–H and O–H groups in total. The number of ketones is 1. The van der Waals surface area contributed by atoms with Crippen molar-refractivity contribution in [1.29, 1.82) is 0 Å². The van der Waals surface area contributed by atoms with Crippen LogP contribution in [0.3, 0.4) is 0 Å². The van der Waals surface area contributed by atoms with E-state index in [1.807, 2.05) is 0 Å². The molecule has 2 aromatic heterocycles. The normalized spacial score (nSPS) is 10.8. The van der Waals surface area contributed by atoms with Crippen LogP contribution >= 0.6 is 11.3 Å². The molecule has 0 bridgehead atoms. The van der Waals surface area contributed by atoms with Crippen molar-refractivity contribution in [2.24, 2.45) is 0 Å². The molecular weight excluding hydrogens is 268 g/mol. The lowest BCUT2D eigenvalue weighted by Gasteiger charge is -1.98. The predicted molar refractivity (Wildman–Crippen MR) is 69.4 cm³/mol. The molecule has 0 radical (unpaired) electrons. The zero-order chi connectivity index (χ0) is 13.4. The van der Waals surface area contributed by atoms with Crippen molar-refractivity contribution >= 4 is 27.2 Å². The molecule has 0 atom stereocenters. The van der Waals surface area contributed by atoms with Gasteiger partial charge in [-0.05, 0) is 29.7 Å². The van der Waals surface area contributed by atoms with Crippen LogP contribution < -0.4 is 0 Å². The average Bonchev–Trinajstić information content (AvgIpc) is 2.81. The first-order valence-electron chi connectivity index (χ1n) is 5.48. The summed E-state index contributed by atoms with van der Waals surface area (Å²) in [6.07, 6.45) is 2.36. The number of benzene rings is 1. The van der Waals surface area contributed by atoms with E-state index in [-0.39, 0.29) is 11.4 Å². The number of rotatable bonds is 2. The van der Waals surface area contributed by atoms with E-state index in [9.17, 15) is 13.6 Å². The Bertz CT molecular complexity index is 782. The van der Waals surface area contributed by atoms with Gasteiger partial charge in [-0.3, -0.25) is 9.78 Å². The fraction of sp³-hybridized carbons (Fsp3) is 0. The zero-order valence-corrected chi connectivity index (χ0v) is 10.4. The second kappa shape index (κ2) is 4.51. The van der Waals surface area contributed by atoms with Gasteiger partial charge in [0, 0.05) is 10.9 Å². The topological polar surface area (TPSA) is 30.0 Å². The highest BCUT2D eigenvalue weighted by Crippen LogP contribution is 2.28. The summed E-state index contributed by atoms with van der Waals surface area (Å²) in [7, 11) is 0. The number of hydrogen-bond donors (Lipinski definition) is 0. The molecule has 2 nitrogen and oxygen atoms in total. The van der Waals surface area contributed by atoms with Gasteiger partial charge in [0.25, 0.3) is 0 Å². The summed E-state index contributed by atoms with van der Waals surface area (Å²) in [6, 6.07) is 7.27. The van der Waals surface area contributed by atoms with Crippen LogP contribution in [0, 0.1) is 11.6 Å². The van der Waals surface area contributed by atoms with Gasteiger partial charge in [0.15, 0.2) is 5.82 Å². The van der Waals surface area contributed by atoms with Gasteiger partial charge in [-0.25, -0.2) is 8.78 Å². The average molecular weight is 275 g/mol. The van der Waals surface area contributed by atoms with Crippen LogP contribution in [-0.4, -0.2) is 10.8 Å². The number of fused-ring (bicyclic) bond motifs is 1. The van der Waals surface area contributed by atoms with Crippen LogP contribution in [0.5, 0.6) is 0 Å². The molecule has 1 aromatic carbocycles. The molecule has 3 aromatic rings. The minimum Gasteiger partial charge on any atom is -0.288 e. The molecule has 0 aliphatic rings.